The van der Waals surface area contributed by atoms with Crippen LogP contribution >= 0.6 is 58.3 Å². The number of aromatic nitrogens is 8. The molecule has 1 unspecified atom stereocenters. The molecule has 4 aromatic heterocycles. The predicted molar refractivity (Wildman–Crippen MR) is 361 cm³/mol. The molecular weight excluding hydrogens is 1270 g/mol. The molecule has 6 aromatic carbocycles. The van der Waals surface area contributed by atoms with Gasteiger partial charge >= 0.3 is 11.9 Å². The van der Waals surface area contributed by atoms with E-state index in [-0.39, 0.29) is 65.1 Å². The number of rotatable bonds is 19. The van der Waals surface area contributed by atoms with E-state index in [9.17, 15) is 33.6 Å². The van der Waals surface area contributed by atoms with Crippen molar-refractivity contribution in [2.45, 2.75) is 100.0 Å². The van der Waals surface area contributed by atoms with Crippen LogP contribution in [0.25, 0.3) is 43.6 Å². The van der Waals surface area contributed by atoms with Gasteiger partial charge in [0.1, 0.15) is 17.7 Å². The lowest BCUT2D eigenvalue weighted by Gasteiger charge is -2.20. The van der Waals surface area contributed by atoms with Crippen LogP contribution in [-0.2, 0) is 21.9 Å². The van der Waals surface area contributed by atoms with Crippen LogP contribution in [-0.4, -0.2) is 101 Å². The molecule has 0 aliphatic heterocycles. The number of benzene rings is 6. The maximum Gasteiger partial charge on any atom is 0.392 e. The number of nitrogens with zero attached hydrogens (tertiary/aromatic N) is 6. The topological polar surface area (TPSA) is 265 Å². The van der Waals surface area contributed by atoms with Crippen LogP contribution in [0.15, 0.2) is 124 Å². The van der Waals surface area contributed by atoms with Crippen molar-refractivity contribution in [2.75, 3.05) is 31.6 Å². The van der Waals surface area contributed by atoms with Crippen molar-refractivity contribution in [3.8, 4) is 0 Å². The van der Waals surface area contributed by atoms with Crippen molar-refractivity contribution in [2.24, 2.45) is 0 Å². The Morgan fingerprint density at radius 2 is 0.945 bits per heavy atom. The molecule has 0 aliphatic carbocycles. The smallest absolute Gasteiger partial charge is 0.392 e. The van der Waals surface area contributed by atoms with Gasteiger partial charge in [-0.25, -0.2) is 34.5 Å². The highest BCUT2D eigenvalue weighted by molar-refractivity contribution is 6.42. The van der Waals surface area contributed by atoms with Gasteiger partial charge in [0.15, 0.2) is 23.2 Å². The number of halogens is 5. The Labute approximate surface area is 549 Å². The van der Waals surface area contributed by atoms with Gasteiger partial charge in [0.05, 0.1) is 64.9 Å². The molecule has 0 spiro atoms. The minimum Gasteiger partial charge on any atom is -0.460 e. The molecule has 4 N–H and O–H groups in total. The third-order valence-corrected chi connectivity index (χ3v) is 16.2. The zero-order valence-electron chi connectivity index (χ0n) is 51.3. The van der Waals surface area contributed by atoms with Gasteiger partial charge in [-0.05, 0) is 169 Å². The molecule has 0 saturated heterocycles. The van der Waals surface area contributed by atoms with Gasteiger partial charge in [0, 0.05) is 24.3 Å². The number of fused-ring (bicyclic) bond motifs is 4. The largest absolute Gasteiger partial charge is 0.460 e. The summed E-state index contributed by atoms with van der Waals surface area (Å²) in [5, 5.41) is 7.79. The van der Waals surface area contributed by atoms with Gasteiger partial charge in [-0.1, -0.05) is 121 Å². The third-order valence-electron chi connectivity index (χ3n) is 14.6. The number of para-hydroxylation sites is 4. The van der Waals surface area contributed by atoms with E-state index < -0.39 is 17.5 Å². The number of H-pyrrole nitrogens is 3. The Morgan fingerprint density at radius 3 is 1.38 bits per heavy atom. The first-order chi connectivity index (χ1) is 43.5. The van der Waals surface area contributed by atoms with E-state index in [0.717, 1.165) is 82.6 Å². The summed E-state index contributed by atoms with van der Waals surface area (Å²) in [6, 6.07) is 32.7. The second-order valence-corrected chi connectivity index (χ2v) is 22.9. The standard InChI is InChI=1S/C27H34Cl2N4O.C18H14Cl2N2O2.C12H12N2O3.C10H7ClN2O3/c1-5-33(6-2)16-8-10-19(4)30-26-21-11-7-9-18(3)25(21)31-27(32-26)24(34)15-13-20-12-14-22(28)23(29)17-20;1-10-3-2-4-12-16(10)21-17(22-18(12)24)15(23)8-6-11-5-7-13(19)14(20)9-11;1-3-17-12(16)10-13-9-7(2)5-4-6-8(9)11(15)14-10;1-5-3-2-4-6-7(5)12-8(10(15)16-11)13-9(6)14/h7,9,11-12,14,17,19H,5-6,8,10,13,15-16H2,1-4H3,(H,30,31,32);2-5,7,9H,6,8H2,1H3,(H,21,22,24);4-6H,3H2,1-2H3,(H,13,14,15);2-4H,1H3,(H,12,13,14). The van der Waals surface area contributed by atoms with E-state index in [4.69, 9.17) is 63.0 Å². The van der Waals surface area contributed by atoms with Gasteiger partial charge in [0.25, 0.3) is 16.7 Å². The molecule has 474 valence electrons. The van der Waals surface area contributed by atoms with E-state index in [1.165, 1.54) is 0 Å². The number of nitrogens with one attached hydrogen (secondary N) is 4. The van der Waals surface area contributed by atoms with Crippen molar-refractivity contribution >= 4 is 131 Å². The lowest BCUT2D eigenvalue weighted by Crippen LogP contribution is -2.26. The van der Waals surface area contributed by atoms with Crippen LogP contribution < -0.4 is 22.0 Å². The van der Waals surface area contributed by atoms with Gasteiger partial charge in [-0.3, -0.25) is 24.0 Å². The molecule has 0 saturated carbocycles. The predicted octanol–water partition coefficient (Wildman–Crippen LogP) is 14.3. The van der Waals surface area contributed by atoms with E-state index in [0.29, 0.717) is 72.1 Å². The molecule has 91 heavy (non-hydrogen) atoms. The number of aryl methyl sites for hydroxylation is 6. The van der Waals surface area contributed by atoms with E-state index in [1.54, 1.807) is 80.6 Å². The number of esters is 1. The summed E-state index contributed by atoms with van der Waals surface area (Å²) < 4.78 is 8.78. The van der Waals surface area contributed by atoms with E-state index in [2.05, 4.69) is 75.1 Å². The van der Waals surface area contributed by atoms with Gasteiger partial charge < -0.3 is 34.2 Å². The van der Waals surface area contributed by atoms with E-state index >= 15 is 0 Å². The first-order valence-corrected chi connectivity index (χ1v) is 31.1. The molecule has 0 bridgehead atoms. The number of hydrogen-bond donors (Lipinski definition) is 4. The minimum atomic E-state index is -0.885. The fraction of sp³-hybridized carbons (Fsp3) is 0.284. The number of anilines is 1. The third kappa shape index (κ3) is 18.6. The molecule has 1 atom stereocenters. The summed E-state index contributed by atoms with van der Waals surface area (Å²) in [6.45, 7) is 19.2. The first-order valence-electron chi connectivity index (χ1n) is 29.2. The van der Waals surface area contributed by atoms with Crippen molar-refractivity contribution in [3.63, 3.8) is 0 Å². The summed E-state index contributed by atoms with van der Waals surface area (Å²) in [4.78, 5) is 115. The minimum absolute atomic E-state index is 0.0568. The monoisotopic (exact) mass is 1330 g/mol. The van der Waals surface area contributed by atoms with Crippen LogP contribution in [0, 0.1) is 27.7 Å². The SMILES string of the molecule is CCN(CC)CCCC(C)Nc1nc(C(=O)CCc2ccc(Cl)c(Cl)c2)nc2c(C)cccc12.CCOC(=O)c1nc2c(C)cccc2c(=O)[nH]1.Cc1cccc2c(=O)[nH]c(C(=O)CCc3ccc(Cl)c(Cl)c3)nc12.Cc1cccc2c(=O)[nH]c(C(=O)OCl)nc12. The van der Waals surface area contributed by atoms with Crippen LogP contribution in [0.2, 0.25) is 20.1 Å². The maximum absolute atomic E-state index is 13.1. The molecule has 10 rings (SSSR count). The zero-order valence-corrected chi connectivity index (χ0v) is 55.1. The number of carbonyl (C=O) groups is 4. The molecule has 19 nitrogen and oxygen atoms in total. The lowest BCUT2D eigenvalue weighted by atomic mass is 10.1. The van der Waals surface area contributed by atoms with Crippen molar-refractivity contribution < 1.29 is 28.2 Å². The Morgan fingerprint density at radius 1 is 0.527 bits per heavy atom. The lowest BCUT2D eigenvalue weighted by molar-refractivity contribution is 0.0511. The highest BCUT2D eigenvalue weighted by Crippen LogP contribution is 2.28. The molecule has 10 aromatic rings. The van der Waals surface area contributed by atoms with Crippen LogP contribution in [0.3, 0.4) is 0 Å². The number of Topliss-reactive ketones (excluding diaryl/α,β-unsaturated/α-hetero) is 2. The summed E-state index contributed by atoms with van der Waals surface area (Å²) in [7, 11) is 0. The van der Waals surface area contributed by atoms with Crippen molar-refractivity contribution in [1.29, 1.82) is 0 Å². The molecule has 0 radical (unpaired) electrons. The fourth-order valence-corrected chi connectivity index (χ4v) is 10.3. The van der Waals surface area contributed by atoms with Crippen LogP contribution in [0.5, 0.6) is 0 Å². The number of aromatic amines is 3. The first kappa shape index (κ1) is 70.0. The molecule has 24 heteroatoms. The summed E-state index contributed by atoms with van der Waals surface area (Å²) in [5.41, 5.74) is 6.71. The zero-order chi connectivity index (χ0) is 66.1. The van der Waals surface area contributed by atoms with Crippen LogP contribution in [0.1, 0.15) is 129 Å². The highest BCUT2D eigenvalue weighted by atomic mass is 35.5. The Bertz CT molecular complexity index is 4500. The number of ketones is 2. The highest BCUT2D eigenvalue weighted by Gasteiger charge is 2.19. The Balaban J connectivity index is 0.000000181. The normalized spacial score (nSPS) is 11.3. The average Bonchev–Trinajstić information content (AvgIpc) is 0.878. The summed E-state index contributed by atoms with van der Waals surface area (Å²) >= 11 is 28.9. The average molecular weight is 1330 g/mol. The second kappa shape index (κ2) is 33.1. The molecule has 4 heterocycles. The summed E-state index contributed by atoms with van der Waals surface area (Å²) in [6.07, 6.45) is 3.69. The summed E-state index contributed by atoms with van der Waals surface area (Å²) in [5.74, 6) is -1.01. The Kier molecular flexibility index (Phi) is 25.4. The van der Waals surface area contributed by atoms with Crippen molar-refractivity contribution in [3.05, 3.63) is 217 Å². The Hall–Kier alpha value is -8.43. The number of hydrogen-bond acceptors (Lipinski definition) is 16. The molecule has 0 aliphatic rings. The molecular formula is C67H67Cl5N10O9. The maximum atomic E-state index is 13.1. The molecule has 0 fully saturated rings. The molecule has 0 amide bonds. The van der Waals surface area contributed by atoms with E-state index in [1.807, 2.05) is 63.2 Å². The van der Waals surface area contributed by atoms with Crippen LogP contribution in [0.4, 0.5) is 5.82 Å². The van der Waals surface area contributed by atoms with Gasteiger partial charge in [0.2, 0.25) is 11.6 Å². The second-order valence-electron chi connectivity index (χ2n) is 21.2. The number of carbonyl (C=O) groups excluding carboxylic acids is 4. The number of ether oxygens (including phenoxy) is 1. The fourth-order valence-electron chi connectivity index (χ4n) is 9.61. The van der Waals surface area contributed by atoms with Gasteiger partial charge in [-0.2, -0.15) is 0 Å². The van der Waals surface area contributed by atoms with Crippen molar-refractivity contribution in [1.82, 2.24) is 44.8 Å². The quantitative estimate of drug-likeness (QED) is 0.0433. The van der Waals surface area contributed by atoms with Gasteiger partial charge in [-0.15, -0.1) is 0 Å².